The van der Waals surface area contributed by atoms with Gasteiger partial charge in [0.1, 0.15) is 5.75 Å². The van der Waals surface area contributed by atoms with Crippen LogP contribution in [0.2, 0.25) is 0 Å². The van der Waals surface area contributed by atoms with Crippen molar-refractivity contribution >= 4 is 23.2 Å². The highest BCUT2D eigenvalue weighted by Gasteiger charge is 2.08. The molecule has 162 valence electrons. The SMILES string of the molecule is COCCCNC(=O)c1cccc(NC(=O)CNc2ccc(OCC(C)C)cc2)c1. The fraction of sp³-hybridized carbons (Fsp3) is 0.391. The van der Waals surface area contributed by atoms with Gasteiger partial charge in [-0.3, -0.25) is 9.59 Å². The summed E-state index contributed by atoms with van der Waals surface area (Å²) in [5.41, 5.74) is 1.89. The molecule has 2 aromatic rings. The Morgan fingerprint density at radius 1 is 1.03 bits per heavy atom. The molecular formula is C23H31N3O4. The first kappa shape index (κ1) is 23.2. The van der Waals surface area contributed by atoms with Gasteiger partial charge in [-0.05, 0) is 54.8 Å². The Labute approximate surface area is 178 Å². The van der Waals surface area contributed by atoms with Gasteiger partial charge in [0.2, 0.25) is 5.91 Å². The highest BCUT2D eigenvalue weighted by molar-refractivity contribution is 5.98. The Morgan fingerprint density at radius 2 is 1.80 bits per heavy atom. The van der Waals surface area contributed by atoms with E-state index in [-0.39, 0.29) is 18.4 Å². The van der Waals surface area contributed by atoms with Crippen molar-refractivity contribution in [1.29, 1.82) is 0 Å². The molecule has 0 aliphatic carbocycles. The molecule has 2 rings (SSSR count). The molecule has 0 atom stereocenters. The number of anilines is 2. The van der Waals surface area contributed by atoms with Gasteiger partial charge in [-0.25, -0.2) is 0 Å². The van der Waals surface area contributed by atoms with Crippen LogP contribution in [-0.2, 0) is 9.53 Å². The topological polar surface area (TPSA) is 88.7 Å². The average molecular weight is 414 g/mol. The van der Waals surface area contributed by atoms with E-state index in [1.165, 1.54) is 0 Å². The van der Waals surface area contributed by atoms with Crippen LogP contribution in [0.4, 0.5) is 11.4 Å². The molecular weight excluding hydrogens is 382 g/mol. The van der Waals surface area contributed by atoms with Gasteiger partial charge in [-0.1, -0.05) is 19.9 Å². The second kappa shape index (κ2) is 12.5. The van der Waals surface area contributed by atoms with Gasteiger partial charge in [-0.15, -0.1) is 0 Å². The molecule has 0 heterocycles. The lowest BCUT2D eigenvalue weighted by molar-refractivity contribution is -0.114. The zero-order chi connectivity index (χ0) is 21.8. The van der Waals surface area contributed by atoms with Crippen molar-refractivity contribution in [3.63, 3.8) is 0 Å². The molecule has 3 N–H and O–H groups in total. The first-order valence-electron chi connectivity index (χ1n) is 10.1. The molecule has 2 amide bonds. The van der Waals surface area contributed by atoms with Crippen molar-refractivity contribution in [3.8, 4) is 5.75 Å². The first-order valence-corrected chi connectivity index (χ1v) is 10.1. The molecule has 0 aliphatic rings. The van der Waals surface area contributed by atoms with Crippen LogP contribution in [0, 0.1) is 5.92 Å². The van der Waals surface area contributed by atoms with Crippen molar-refractivity contribution in [2.75, 3.05) is 44.0 Å². The van der Waals surface area contributed by atoms with Crippen LogP contribution >= 0.6 is 0 Å². The van der Waals surface area contributed by atoms with E-state index in [9.17, 15) is 9.59 Å². The largest absolute Gasteiger partial charge is 0.493 e. The van der Waals surface area contributed by atoms with Crippen LogP contribution in [0.3, 0.4) is 0 Å². The van der Waals surface area contributed by atoms with E-state index in [1.807, 2.05) is 24.3 Å². The van der Waals surface area contributed by atoms with Gasteiger partial charge in [0.15, 0.2) is 0 Å². The maximum absolute atomic E-state index is 12.2. The molecule has 0 aliphatic heterocycles. The molecule has 0 fully saturated rings. The smallest absolute Gasteiger partial charge is 0.251 e. The summed E-state index contributed by atoms with van der Waals surface area (Å²) in [6.07, 6.45) is 0.745. The van der Waals surface area contributed by atoms with Crippen LogP contribution in [0.25, 0.3) is 0 Å². The summed E-state index contributed by atoms with van der Waals surface area (Å²) >= 11 is 0. The summed E-state index contributed by atoms with van der Waals surface area (Å²) < 4.78 is 10.6. The van der Waals surface area contributed by atoms with E-state index in [1.54, 1.807) is 31.4 Å². The van der Waals surface area contributed by atoms with Crippen molar-refractivity contribution in [2.24, 2.45) is 5.92 Å². The molecule has 0 aromatic heterocycles. The van der Waals surface area contributed by atoms with E-state index in [0.717, 1.165) is 17.9 Å². The number of methoxy groups -OCH3 is 1. The molecule has 2 aromatic carbocycles. The van der Waals surface area contributed by atoms with Crippen LogP contribution < -0.4 is 20.7 Å². The fourth-order valence-electron chi connectivity index (χ4n) is 2.58. The molecule has 0 bridgehead atoms. The number of carbonyl (C=O) groups excluding carboxylic acids is 2. The second-order valence-electron chi connectivity index (χ2n) is 7.31. The van der Waals surface area contributed by atoms with Crippen molar-refractivity contribution in [3.05, 3.63) is 54.1 Å². The molecule has 0 radical (unpaired) electrons. The minimum atomic E-state index is -0.201. The molecule has 0 saturated carbocycles. The van der Waals surface area contributed by atoms with E-state index >= 15 is 0 Å². The van der Waals surface area contributed by atoms with Gasteiger partial charge in [-0.2, -0.15) is 0 Å². The highest BCUT2D eigenvalue weighted by atomic mass is 16.5. The number of ether oxygens (including phenoxy) is 2. The molecule has 0 unspecified atom stereocenters. The second-order valence-corrected chi connectivity index (χ2v) is 7.31. The standard InChI is InChI=1S/C23H31N3O4/c1-17(2)16-30-21-10-8-19(9-11-21)25-15-22(27)26-20-7-4-6-18(14-20)23(28)24-12-5-13-29-3/h4,6-11,14,17,25H,5,12-13,15-16H2,1-3H3,(H,24,28)(H,26,27). The lowest BCUT2D eigenvalue weighted by atomic mass is 10.2. The van der Waals surface area contributed by atoms with Gasteiger partial charge < -0.3 is 25.4 Å². The number of nitrogens with one attached hydrogen (secondary N) is 3. The molecule has 0 spiro atoms. The summed E-state index contributed by atoms with van der Waals surface area (Å²) in [6.45, 7) is 6.10. The molecule has 7 nitrogen and oxygen atoms in total. The number of amides is 2. The highest BCUT2D eigenvalue weighted by Crippen LogP contribution is 2.16. The van der Waals surface area contributed by atoms with Gasteiger partial charge >= 0.3 is 0 Å². The molecule has 0 saturated heterocycles. The van der Waals surface area contributed by atoms with E-state index < -0.39 is 0 Å². The van der Waals surface area contributed by atoms with Gasteiger partial charge in [0.05, 0.1) is 13.2 Å². The predicted octanol–water partition coefficient (Wildman–Crippen LogP) is 3.54. The zero-order valence-corrected chi connectivity index (χ0v) is 17.9. The summed E-state index contributed by atoms with van der Waals surface area (Å²) in [5, 5.41) is 8.70. The lowest BCUT2D eigenvalue weighted by Gasteiger charge is -2.11. The minimum absolute atomic E-state index is 0.111. The minimum Gasteiger partial charge on any atom is -0.493 e. The van der Waals surface area contributed by atoms with Crippen molar-refractivity contribution in [1.82, 2.24) is 5.32 Å². The number of benzene rings is 2. The monoisotopic (exact) mass is 413 g/mol. The normalized spacial score (nSPS) is 10.5. The Balaban J connectivity index is 1.80. The van der Waals surface area contributed by atoms with E-state index in [4.69, 9.17) is 9.47 Å². The van der Waals surface area contributed by atoms with E-state index in [0.29, 0.717) is 36.9 Å². The third-order valence-corrected chi connectivity index (χ3v) is 4.11. The predicted molar refractivity (Wildman–Crippen MR) is 119 cm³/mol. The third kappa shape index (κ3) is 8.53. The Bertz CT molecular complexity index is 806. The maximum Gasteiger partial charge on any atom is 0.251 e. The number of hydrogen-bond donors (Lipinski definition) is 3. The molecule has 7 heteroatoms. The lowest BCUT2D eigenvalue weighted by Crippen LogP contribution is -2.25. The fourth-order valence-corrected chi connectivity index (χ4v) is 2.58. The van der Waals surface area contributed by atoms with Crippen LogP contribution in [0.1, 0.15) is 30.6 Å². The Hall–Kier alpha value is -3.06. The quantitative estimate of drug-likeness (QED) is 0.463. The number of rotatable bonds is 12. The Morgan fingerprint density at radius 3 is 2.50 bits per heavy atom. The van der Waals surface area contributed by atoms with Gasteiger partial charge in [0, 0.05) is 37.2 Å². The number of hydrogen-bond acceptors (Lipinski definition) is 5. The maximum atomic E-state index is 12.2. The summed E-state index contributed by atoms with van der Waals surface area (Å²) in [4.78, 5) is 24.4. The van der Waals surface area contributed by atoms with Crippen LogP contribution in [0.15, 0.2) is 48.5 Å². The van der Waals surface area contributed by atoms with Crippen molar-refractivity contribution in [2.45, 2.75) is 20.3 Å². The zero-order valence-electron chi connectivity index (χ0n) is 17.9. The van der Waals surface area contributed by atoms with Crippen molar-refractivity contribution < 1.29 is 19.1 Å². The number of carbonyl (C=O) groups is 2. The summed E-state index contributed by atoms with van der Waals surface area (Å²) in [6, 6.07) is 14.3. The van der Waals surface area contributed by atoms with Crippen LogP contribution in [-0.4, -0.2) is 45.2 Å². The first-order chi connectivity index (χ1) is 14.5. The summed E-state index contributed by atoms with van der Waals surface area (Å²) in [5.74, 6) is 0.885. The third-order valence-electron chi connectivity index (χ3n) is 4.11. The molecule has 30 heavy (non-hydrogen) atoms. The van der Waals surface area contributed by atoms with Crippen LogP contribution in [0.5, 0.6) is 5.75 Å². The summed E-state index contributed by atoms with van der Waals surface area (Å²) in [7, 11) is 1.63. The van der Waals surface area contributed by atoms with Gasteiger partial charge in [0.25, 0.3) is 5.91 Å². The Kier molecular flexibility index (Phi) is 9.67. The average Bonchev–Trinajstić information content (AvgIpc) is 2.74. The van der Waals surface area contributed by atoms with E-state index in [2.05, 4.69) is 29.8 Å².